The number of aliphatic hydroxyl groups is 1. The summed E-state index contributed by atoms with van der Waals surface area (Å²) in [4.78, 5) is 13.2. The Kier molecular flexibility index (Phi) is 4.82. The minimum atomic E-state index is -0.970. The number of rotatable bonds is 3. The van der Waals surface area contributed by atoms with Gasteiger partial charge in [-0.05, 0) is 55.8 Å². The molecule has 0 bridgehead atoms. The van der Waals surface area contributed by atoms with Gasteiger partial charge in [0.25, 0.3) is 0 Å². The van der Waals surface area contributed by atoms with Crippen molar-refractivity contribution in [1.29, 1.82) is 0 Å². The summed E-state index contributed by atoms with van der Waals surface area (Å²) in [5.41, 5.74) is 0.958. The fourth-order valence-electron chi connectivity index (χ4n) is 3.94. The standard InChI is InChI=1S/C17H23FN2O3/c18-13-5-3-11(4-6-13)12-8-15(16(21)9-12)20(17(22)23)14-2-1-7-19-10-14/h3-6,12,14-16,19,21H,1-2,7-10H2,(H,22,23)/t12-,14-,15-,16-/m1/s1. The van der Waals surface area contributed by atoms with Crippen LogP contribution in [-0.2, 0) is 0 Å². The molecule has 0 aromatic heterocycles. The monoisotopic (exact) mass is 322 g/mol. The van der Waals surface area contributed by atoms with E-state index in [2.05, 4.69) is 5.32 Å². The van der Waals surface area contributed by atoms with Crippen LogP contribution < -0.4 is 5.32 Å². The number of hydrogen-bond donors (Lipinski definition) is 3. The number of hydrogen-bond acceptors (Lipinski definition) is 3. The molecule has 1 saturated carbocycles. The molecule has 1 aliphatic heterocycles. The molecular weight excluding hydrogens is 299 g/mol. The topological polar surface area (TPSA) is 72.8 Å². The van der Waals surface area contributed by atoms with Crippen molar-refractivity contribution in [2.75, 3.05) is 13.1 Å². The van der Waals surface area contributed by atoms with E-state index in [-0.39, 0.29) is 17.8 Å². The van der Waals surface area contributed by atoms with Gasteiger partial charge in [0.15, 0.2) is 0 Å². The minimum Gasteiger partial charge on any atom is -0.465 e. The van der Waals surface area contributed by atoms with E-state index in [1.54, 1.807) is 12.1 Å². The first-order chi connectivity index (χ1) is 11.1. The lowest BCUT2D eigenvalue weighted by atomic mass is 9.97. The highest BCUT2D eigenvalue weighted by atomic mass is 19.1. The van der Waals surface area contributed by atoms with Gasteiger partial charge in [-0.15, -0.1) is 0 Å². The predicted octanol–water partition coefficient (Wildman–Crippen LogP) is 2.16. The first-order valence-corrected chi connectivity index (χ1v) is 8.21. The van der Waals surface area contributed by atoms with Crippen molar-refractivity contribution in [3.05, 3.63) is 35.6 Å². The molecular formula is C17H23FN2O3. The zero-order chi connectivity index (χ0) is 16.4. The zero-order valence-corrected chi connectivity index (χ0v) is 13.0. The van der Waals surface area contributed by atoms with Gasteiger partial charge in [-0.2, -0.15) is 0 Å². The first-order valence-electron chi connectivity index (χ1n) is 8.21. The van der Waals surface area contributed by atoms with Gasteiger partial charge in [-0.1, -0.05) is 12.1 Å². The van der Waals surface area contributed by atoms with Crippen LogP contribution in [0.5, 0.6) is 0 Å². The van der Waals surface area contributed by atoms with Crippen molar-refractivity contribution < 1.29 is 19.4 Å². The maximum absolute atomic E-state index is 13.1. The smallest absolute Gasteiger partial charge is 0.407 e. The molecule has 1 amide bonds. The van der Waals surface area contributed by atoms with Crippen LogP contribution in [0, 0.1) is 5.82 Å². The molecule has 0 radical (unpaired) electrons. The molecule has 2 aliphatic rings. The molecule has 23 heavy (non-hydrogen) atoms. The summed E-state index contributed by atoms with van der Waals surface area (Å²) in [6.07, 6.45) is 1.21. The lowest BCUT2D eigenvalue weighted by Gasteiger charge is -2.38. The minimum absolute atomic E-state index is 0.0639. The molecule has 2 fully saturated rings. The van der Waals surface area contributed by atoms with Gasteiger partial charge >= 0.3 is 6.09 Å². The van der Waals surface area contributed by atoms with Gasteiger partial charge in [0.2, 0.25) is 0 Å². The van der Waals surface area contributed by atoms with Gasteiger partial charge in [0, 0.05) is 12.6 Å². The van der Waals surface area contributed by atoms with Gasteiger partial charge in [0.05, 0.1) is 12.1 Å². The van der Waals surface area contributed by atoms with Crippen molar-refractivity contribution in [2.45, 2.75) is 49.8 Å². The molecule has 1 aromatic rings. The Balaban J connectivity index is 1.75. The Morgan fingerprint density at radius 1 is 1.26 bits per heavy atom. The maximum atomic E-state index is 13.1. The van der Waals surface area contributed by atoms with Crippen molar-refractivity contribution in [2.24, 2.45) is 0 Å². The van der Waals surface area contributed by atoms with E-state index >= 15 is 0 Å². The fraction of sp³-hybridized carbons (Fsp3) is 0.588. The highest BCUT2D eigenvalue weighted by Gasteiger charge is 2.42. The van der Waals surface area contributed by atoms with Gasteiger partial charge in [0.1, 0.15) is 5.82 Å². The summed E-state index contributed by atoms with van der Waals surface area (Å²) < 4.78 is 13.1. The van der Waals surface area contributed by atoms with Gasteiger partial charge < -0.3 is 15.5 Å². The maximum Gasteiger partial charge on any atom is 0.407 e. The van der Waals surface area contributed by atoms with Crippen LogP contribution in [-0.4, -0.2) is 52.5 Å². The highest BCUT2D eigenvalue weighted by molar-refractivity contribution is 5.66. The van der Waals surface area contributed by atoms with Crippen molar-refractivity contribution in [1.82, 2.24) is 10.2 Å². The highest BCUT2D eigenvalue weighted by Crippen LogP contribution is 2.38. The summed E-state index contributed by atoms with van der Waals surface area (Å²) in [5.74, 6) is -0.224. The second kappa shape index (κ2) is 6.84. The third-order valence-corrected chi connectivity index (χ3v) is 5.08. The molecule has 0 spiro atoms. The molecule has 6 heteroatoms. The van der Waals surface area contributed by atoms with E-state index in [9.17, 15) is 19.4 Å². The molecule has 1 aromatic carbocycles. The Hall–Kier alpha value is -1.66. The van der Waals surface area contributed by atoms with Crippen LogP contribution in [0.2, 0.25) is 0 Å². The Labute approximate surface area is 135 Å². The average Bonchev–Trinajstić information content (AvgIpc) is 2.91. The summed E-state index contributed by atoms with van der Waals surface area (Å²) >= 11 is 0. The van der Waals surface area contributed by atoms with Gasteiger partial charge in [-0.25, -0.2) is 9.18 Å². The van der Waals surface area contributed by atoms with Crippen LogP contribution in [0.3, 0.4) is 0 Å². The van der Waals surface area contributed by atoms with Crippen LogP contribution in [0.4, 0.5) is 9.18 Å². The number of benzene rings is 1. The third-order valence-electron chi connectivity index (χ3n) is 5.08. The Bertz CT molecular complexity index is 545. The van der Waals surface area contributed by atoms with Crippen molar-refractivity contribution in [3.63, 3.8) is 0 Å². The number of nitrogens with one attached hydrogen (secondary N) is 1. The second-order valence-electron chi connectivity index (χ2n) is 6.54. The number of carbonyl (C=O) groups is 1. The normalized spacial score (nSPS) is 31.0. The van der Waals surface area contributed by atoms with E-state index in [0.717, 1.165) is 24.9 Å². The van der Waals surface area contributed by atoms with E-state index in [4.69, 9.17) is 0 Å². The fourth-order valence-corrected chi connectivity index (χ4v) is 3.94. The second-order valence-corrected chi connectivity index (χ2v) is 6.54. The molecule has 1 aliphatic carbocycles. The van der Waals surface area contributed by atoms with Crippen LogP contribution >= 0.6 is 0 Å². The van der Waals surface area contributed by atoms with Crippen molar-refractivity contribution >= 4 is 6.09 Å². The lowest BCUT2D eigenvalue weighted by molar-refractivity contribution is 0.0373. The summed E-state index contributed by atoms with van der Waals surface area (Å²) in [5, 5.41) is 23.3. The molecule has 1 saturated heterocycles. The van der Waals surface area contributed by atoms with E-state index in [0.29, 0.717) is 19.4 Å². The first kappa shape index (κ1) is 16.2. The number of halogens is 1. The predicted molar refractivity (Wildman–Crippen MR) is 83.9 cm³/mol. The molecule has 126 valence electrons. The molecule has 3 rings (SSSR count). The Morgan fingerprint density at radius 2 is 2.00 bits per heavy atom. The summed E-state index contributed by atoms with van der Waals surface area (Å²) in [7, 11) is 0. The summed E-state index contributed by atoms with van der Waals surface area (Å²) in [6.45, 7) is 1.55. The number of carboxylic acid groups (broad SMARTS) is 1. The Morgan fingerprint density at radius 3 is 2.61 bits per heavy atom. The quantitative estimate of drug-likeness (QED) is 0.797. The molecule has 4 atom stereocenters. The van der Waals surface area contributed by atoms with Gasteiger partial charge in [-0.3, -0.25) is 4.90 Å². The number of piperidine rings is 1. The van der Waals surface area contributed by atoms with Crippen LogP contribution in [0.1, 0.15) is 37.2 Å². The number of aliphatic hydroxyl groups excluding tert-OH is 1. The zero-order valence-electron chi connectivity index (χ0n) is 13.0. The molecule has 5 nitrogen and oxygen atoms in total. The summed E-state index contributed by atoms with van der Waals surface area (Å²) in [6, 6.07) is 5.79. The van der Waals surface area contributed by atoms with Crippen LogP contribution in [0.25, 0.3) is 0 Å². The molecule has 0 unspecified atom stereocenters. The third kappa shape index (κ3) is 3.48. The van der Waals surface area contributed by atoms with E-state index in [1.165, 1.54) is 17.0 Å². The molecule has 1 heterocycles. The lowest BCUT2D eigenvalue weighted by Crippen LogP contribution is -2.54. The number of nitrogens with zero attached hydrogens (tertiary/aromatic N) is 1. The largest absolute Gasteiger partial charge is 0.465 e. The van der Waals surface area contributed by atoms with E-state index in [1.807, 2.05) is 0 Å². The van der Waals surface area contributed by atoms with Crippen molar-refractivity contribution in [3.8, 4) is 0 Å². The average molecular weight is 322 g/mol. The van der Waals surface area contributed by atoms with Crippen LogP contribution in [0.15, 0.2) is 24.3 Å². The molecule has 3 N–H and O–H groups in total. The SMILES string of the molecule is O=C(O)N([C@@H]1CCCNC1)[C@@H]1C[C@@H](c2ccc(F)cc2)C[C@H]1O. The number of amides is 1. The van der Waals surface area contributed by atoms with E-state index < -0.39 is 18.2 Å².